The van der Waals surface area contributed by atoms with Gasteiger partial charge in [-0.1, -0.05) is 43.2 Å². The minimum absolute atomic E-state index is 0.0340. The van der Waals surface area contributed by atoms with Gasteiger partial charge >= 0.3 is 0 Å². The summed E-state index contributed by atoms with van der Waals surface area (Å²) < 4.78 is 0. The van der Waals surface area contributed by atoms with E-state index >= 15 is 0 Å². The van der Waals surface area contributed by atoms with Gasteiger partial charge in [0.1, 0.15) is 5.82 Å². The Kier molecular flexibility index (Phi) is 5.82. The minimum Gasteiger partial charge on any atom is -0.354 e. The van der Waals surface area contributed by atoms with E-state index < -0.39 is 0 Å². The van der Waals surface area contributed by atoms with E-state index in [1.165, 1.54) is 11.1 Å². The highest BCUT2D eigenvalue weighted by atomic mass is 16.1. The molecule has 4 aliphatic carbocycles. The molecule has 36 heavy (non-hydrogen) atoms. The van der Waals surface area contributed by atoms with Crippen LogP contribution < -0.4 is 4.90 Å². The van der Waals surface area contributed by atoms with Gasteiger partial charge in [0.25, 0.3) is 0 Å². The van der Waals surface area contributed by atoms with Gasteiger partial charge in [-0.3, -0.25) is 14.5 Å². The summed E-state index contributed by atoms with van der Waals surface area (Å²) in [6.45, 7) is 11.3. The number of ketones is 2. The fraction of sp³-hybridized carbons (Fsp3) is 0.581. The second-order valence-electron chi connectivity index (χ2n) is 12.3. The van der Waals surface area contributed by atoms with Gasteiger partial charge in [-0.2, -0.15) is 0 Å². The van der Waals surface area contributed by atoms with Gasteiger partial charge in [-0.25, -0.2) is 4.98 Å². The lowest BCUT2D eigenvalue weighted by atomic mass is 9.52. The van der Waals surface area contributed by atoms with E-state index in [-0.39, 0.29) is 22.5 Å². The minimum atomic E-state index is -0.114. The Morgan fingerprint density at radius 3 is 2.72 bits per heavy atom. The maximum atomic E-state index is 13.9. The van der Waals surface area contributed by atoms with Gasteiger partial charge < -0.3 is 4.90 Å². The van der Waals surface area contributed by atoms with E-state index in [1.54, 1.807) is 6.08 Å². The monoisotopic (exact) mass is 485 g/mol. The van der Waals surface area contributed by atoms with E-state index in [2.05, 4.69) is 53.8 Å². The quantitative estimate of drug-likeness (QED) is 0.570. The zero-order valence-corrected chi connectivity index (χ0v) is 22.0. The van der Waals surface area contributed by atoms with Crippen LogP contribution in [0.15, 0.2) is 59.8 Å². The molecule has 1 aromatic rings. The number of carbonyl (C=O) groups is 2. The van der Waals surface area contributed by atoms with E-state index in [0.29, 0.717) is 30.1 Å². The molecule has 1 saturated heterocycles. The van der Waals surface area contributed by atoms with Crippen LogP contribution in [0.2, 0.25) is 0 Å². The number of fused-ring (bicyclic) bond motifs is 5. The summed E-state index contributed by atoms with van der Waals surface area (Å²) in [5.74, 6) is 3.22. The second kappa shape index (κ2) is 8.79. The zero-order valence-electron chi connectivity index (χ0n) is 22.0. The molecule has 0 amide bonds. The molecule has 1 aromatic heterocycles. The van der Waals surface area contributed by atoms with E-state index in [0.717, 1.165) is 57.7 Å². The smallest absolute Gasteiger partial charge is 0.178 e. The third kappa shape index (κ3) is 3.73. The maximum absolute atomic E-state index is 13.9. The molecule has 0 spiro atoms. The molecule has 2 heterocycles. The van der Waals surface area contributed by atoms with Gasteiger partial charge in [0.05, 0.1) is 6.54 Å². The molecule has 6 rings (SSSR count). The van der Waals surface area contributed by atoms with Crippen molar-refractivity contribution in [3.05, 3.63) is 59.8 Å². The van der Waals surface area contributed by atoms with Crippen molar-refractivity contribution in [1.29, 1.82) is 0 Å². The van der Waals surface area contributed by atoms with Crippen molar-refractivity contribution in [1.82, 2.24) is 9.88 Å². The van der Waals surface area contributed by atoms with Crippen molar-refractivity contribution in [3.8, 4) is 0 Å². The molecular weight excluding hydrogens is 446 g/mol. The highest BCUT2D eigenvalue weighted by molar-refractivity contribution is 6.01. The van der Waals surface area contributed by atoms with Gasteiger partial charge in [0.15, 0.2) is 11.6 Å². The van der Waals surface area contributed by atoms with Crippen LogP contribution in [-0.4, -0.2) is 54.2 Å². The summed E-state index contributed by atoms with van der Waals surface area (Å²) in [7, 11) is 0. The SMILES string of the molecule is CC1C[C@H]2[C@@H]3CCC4=CC(=O)C=C[C@]4(C)C3=CC[C@]2(C)[C@H]1C(=O)CN1CCN(c2ccccn2)CC1. The number of carbonyl (C=O) groups excluding carboxylic acids is 2. The van der Waals surface area contributed by atoms with Crippen LogP contribution in [0, 0.1) is 34.5 Å². The van der Waals surface area contributed by atoms with Crippen LogP contribution >= 0.6 is 0 Å². The number of hydrogen-bond donors (Lipinski definition) is 0. The Hall–Kier alpha value is -2.53. The van der Waals surface area contributed by atoms with Gasteiger partial charge in [0.2, 0.25) is 0 Å². The van der Waals surface area contributed by atoms with E-state index in [9.17, 15) is 9.59 Å². The lowest BCUT2D eigenvalue weighted by Crippen LogP contribution is -2.50. The fourth-order valence-electron chi connectivity index (χ4n) is 8.57. The molecule has 1 unspecified atom stereocenters. The van der Waals surface area contributed by atoms with Crippen molar-refractivity contribution in [2.75, 3.05) is 37.6 Å². The summed E-state index contributed by atoms with van der Waals surface area (Å²) in [4.78, 5) is 35.1. The topological polar surface area (TPSA) is 53.5 Å². The third-order valence-electron chi connectivity index (χ3n) is 10.4. The van der Waals surface area contributed by atoms with Crippen molar-refractivity contribution in [3.63, 3.8) is 0 Å². The Morgan fingerprint density at radius 2 is 1.97 bits per heavy atom. The van der Waals surface area contributed by atoms with Crippen molar-refractivity contribution < 1.29 is 9.59 Å². The number of hydrogen-bond acceptors (Lipinski definition) is 5. The Bertz CT molecular complexity index is 1150. The standard InChI is InChI=1S/C31H39N3O2/c1-21-18-26-24-8-7-22-19-23(35)9-11-30(22,2)25(24)10-12-31(26,3)29(21)27(36)20-33-14-16-34(17-15-33)28-6-4-5-13-32-28/h4-6,9-11,13,19,21,24,26,29H,7-8,12,14-18,20H2,1-3H3/t21?,24-,26+,29-,30+,31+/m1/s1. The van der Waals surface area contributed by atoms with Crippen LogP contribution in [0.3, 0.4) is 0 Å². The zero-order chi connectivity index (χ0) is 25.1. The van der Waals surface area contributed by atoms with Crippen LogP contribution in [0.4, 0.5) is 5.82 Å². The lowest BCUT2D eigenvalue weighted by molar-refractivity contribution is -0.129. The predicted molar refractivity (Wildman–Crippen MR) is 143 cm³/mol. The molecule has 3 fully saturated rings. The fourth-order valence-corrected chi connectivity index (χ4v) is 8.57. The predicted octanol–water partition coefficient (Wildman–Crippen LogP) is 4.86. The maximum Gasteiger partial charge on any atom is 0.178 e. The van der Waals surface area contributed by atoms with E-state index in [4.69, 9.17) is 0 Å². The summed E-state index contributed by atoms with van der Waals surface area (Å²) in [6, 6.07) is 6.06. The van der Waals surface area contributed by atoms with Crippen LogP contribution in [-0.2, 0) is 9.59 Å². The average Bonchev–Trinajstić information content (AvgIpc) is 3.15. The third-order valence-corrected chi connectivity index (χ3v) is 10.4. The summed E-state index contributed by atoms with van der Waals surface area (Å²) >= 11 is 0. The van der Waals surface area contributed by atoms with Gasteiger partial charge in [-0.15, -0.1) is 0 Å². The molecule has 6 atom stereocenters. The van der Waals surface area contributed by atoms with Crippen LogP contribution in [0.5, 0.6) is 0 Å². The number of nitrogens with zero attached hydrogens (tertiary/aromatic N) is 3. The lowest BCUT2D eigenvalue weighted by Gasteiger charge is -2.52. The average molecular weight is 486 g/mol. The Balaban J connectivity index is 1.17. The van der Waals surface area contributed by atoms with Crippen molar-refractivity contribution >= 4 is 17.4 Å². The first-order valence-corrected chi connectivity index (χ1v) is 13.9. The highest BCUT2D eigenvalue weighted by Crippen LogP contribution is 2.65. The first kappa shape index (κ1) is 23.8. The molecule has 0 N–H and O–H groups in total. The van der Waals surface area contributed by atoms with Crippen molar-refractivity contribution in [2.45, 2.75) is 46.5 Å². The van der Waals surface area contributed by atoms with Crippen LogP contribution in [0.25, 0.3) is 0 Å². The number of rotatable bonds is 4. The number of aromatic nitrogens is 1. The molecule has 1 aliphatic heterocycles. The van der Waals surface area contributed by atoms with Gasteiger partial charge in [0, 0.05) is 43.7 Å². The summed E-state index contributed by atoms with van der Waals surface area (Å²) in [5, 5.41) is 0. The number of anilines is 1. The number of piperazine rings is 1. The number of pyridine rings is 1. The molecule has 190 valence electrons. The van der Waals surface area contributed by atoms with Crippen molar-refractivity contribution in [2.24, 2.45) is 34.5 Å². The second-order valence-corrected chi connectivity index (χ2v) is 12.3. The first-order chi connectivity index (χ1) is 17.3. The molecule has 5 nitrogen and oxygen atoms in total. The number of Topliss-reactive ketones (excluding diaryl/α,β-unsaturated/α-hetero) is 1. The summed E-state index contributed by atoms with van der Waals surface area (Å²) in [6.07, 6.45) is 14.3. The molecule has 5 aliphatic rings. The number of allylic oxidation sites excluding steroid dienone is 6. The molecule has 2 saturated carbocycles. The molecular formula is C31H39N3O2. The molecule has 5 heteroatoms. The normalized spacial score (nSPS) is 38.1. The van der Waals surface area contributed by atoms with Crippen LogP contribution in [0.1, 0.15) is 46.5 Å². The Labute approximate surface area is 215 Å². The first-order valence-electron chi connectivity index (χ1n) is 13.9. The molecule has 0 bridgehead atoms. The molecule has 0 radical (unpaired) electrons. The van der Waals surface area contributed by atoms with E-state index in [1.807, 2.05) is 24.4 Å². The Morgan fingerprint density at radius 1 is 1.17 bits per heavy atom. The highest BCUT2D eigenvalue weighted by Gasteiger charge is 2.59. The summed E-state index contributed by atoms with van der Waals surface area (Å²) in [5.41, 5.74) is 2.71. The molecule has 0 aromatic carbocycles. The van der Waals surface area contributed by atoms with Gasteiger partial charge in [-0.05, 0) is 80.1 Å². The largest absolute Gasteiger partial charge is 0.354 e.